The summed E-state index contributed by atoms with van der Waals surface area (Å²) < 4.78 is 0. The molecule has 31 heavy (non-hydrogen) atoms. The third kappa shape index (κ3) is 4.17. The van der Waals surface area contributed by atoms with E-state index in [2.05, 4.69) is 46.2 Å². The Morgan fingerprint density at radius 2 is 1.87 bits per heavy atom. The minimum absolute atomic E-state index is 0.110. The lowest BCUT2D eigenvalue weighted by atomic mass is 9.47. The number of aliphatic hydroxyl groups is 1. The van der Waals surface area contributed by atoms with Crippen LogP contribution in [0.4, 0.5) is 0 Å². The molecule has 0 saturated heterocycles. The van der Waals surface area contributed by atoms with Crippen LogP contribution in [0, 0.1) is 46.3 Å². The highest BCUT2D eigenvalue weighted by Gasteiger charge is 2.58. The standard InChI is InChI=1S/C28H49NO2/c1-6-19(18(2)3)15-22(29-31)16-20-8-10-25-24-9-7-21-17-23(30)11-13-27(21,4)26(24)12-14-28(20,25)5/h7,18-20,22-26,29-31H,6,8-17H2,1-5H3. The largest absolute Gasteiger partial charge is 0.393 e. The first-order valence-electron chi connectivity index (χ1n) is 13.5. The van der Waals surface area contributed by atoms with Crippen LogP contribution in [-0.2, 0) is 0 Å². The minimum Gasteiger partial charge on any atom is -0.393 e. The molecule has 9 atom stereocenters. The van der Waals surface area contributed by atoms with Crippen LogP contribution in [0.3, 0.4) is 0 Å². The molecule has 0 aromatic rings. The van der Waals surface area contributed by atoms with Crippen LogP contribution in [0.25, 0.3) is 0 Å². The van der Waals surface area contributed by atoms with Gasteiger partial charge in [0.1, 0.15) is 0 Å². The summed E-state index contributed by atoms with van der Waals surface area (Å²) in [5, 5.41) is 20.2. The van der Waals surface area contributed by atoms with Gasteiger partial charge in [0.25, 0.3) is 0 Å². The molecular formula is C28H49NO2. The van der Waals surface area contributed by atoms with Crippen molar-refractivity contribution in [3.8, 4) is 0 Å². The maximum absolute atomic E-state index is 10.2. The number of aliphatic hydroxyl groups excluding tert-OH is 1. The summed E-state index contributed by atoms with van der Waals surface area (Å²) in [7, 11) is 0. The average molecular weight is 432 g/mol. The number of nitrogens with one attached hydrogen (secondary N) is 1. The van der Waals surface area contributed by atoms with E-state index < -0.39 is 0 Å². The molecule has 9 unspecified atom stereocenters. The lowest BCUT2D eigenvalue weighted by Crippen LogP contribution is -2.50. The zero-order valence-corrected chi connectivity index (χ0v) is 20.9. The fraction of sp³-hybridized carbons (Fsp3) is 0.929. The van der Waals surface area contributed by atoms with Crippen LogP contribution < -0.4 is 5.48 Å². The van der Waals surface area contributed by atoms with Gasteiger partial charge in [-0.15, -0.1) is 0 Å². The summed E-state index contributed by atoms with van der Waals surface area (Å²) in [6.07, 6.45) is 15.6. The van der Waals surface area contributed by atoms with E-state index in [0.717, 1.165) is 49.4 Å². The van der Waals surface area contributed by atoms with E-state index in [1.54, 1.807) is 5.57 Å². The average Bonchev–Trinajstić information content (AvgIpc) is 3.07. The summed E-state index contributed by atoms with van der Waals surface area (Å²) in [6.45, 7) is 12.1. The van der Waals surface area contributed by atoms with E-state index >= 15 is 0 Å². The SMILES string of the molecule is CCC(CC(CC1CCC2C3CC=C4CC(O)CCC4(C)C3CCC12C)NO)C(C)C. The molecule has 0 radical (unpaired) electrons. The quantitative estimate of drug-likeness (QED) is 0.309. The minimum atomic E-state index is -0.110. The van der Waals surface area contributed by atoms with Gasteiger partial charge >= 0.3 is 0 Å². The van der Waals surface area contributed by atoms with E-state index in [0.29, 0.717) is 22.7 Å². The van der Waals surface area contributed by atoms with Crippen molar-refractivity contribution in [3.63, 3.8) is 0 Å². The summed E-state index contributed by atoms with van der Waals surface area (Å²) in [5.74, 6) is 4.58. The Bertz CT molecular complexity index is 659. The lowest BCUT2D eigenvalue weighted by Gasteiger charge is -2.58. The smallest absolute Gasteiger partial charge is 0.0577 e. The fourth-order valence-electron chi connectivity index (χ4n) is 8.96. The highest BCUT2D eigenvalue weighted by molar-refractivity contribution is 5.25. The molecule has 3 heteroatoms. The Kier molecular flexibility index (Phi) is 6.98. The van der Waals surface area contributed by atoms with E-state index in [9.17, 15) is 10.3 Å². The monoisotopic (exact) mass is 431 g/mol. The topological polar surface area (TPSA) is 52.5 Å². The van der Waals surface area contributed by atoms with E-state index in [4.69, 9.17) is 0 Å². The van der Waals surface area contributed by atoms with Gasteiger partial charge < -0.3 is 10.3 Å². The highest BCUT2D eigenvalue weighted by atomic mass is 16.5. The van der Waals surface area contributed by atoms with Crippen LogP contribution >= 0.6 is 0 Å². The molecule has 0 spiro atoms. The molecule has 3 N–H and O–H groups in total. The Labute approximate surface area is 191 Å². The van der Waals surface area contributed by atoms with Crippen LogP contribution in [-0.4, -0.2) is 22.5 Å². The van der Waals surface area contributed by atoms with Gasteiger partial charge in [-0.05, 0) is 111 Å². The van der Waals surface area contributed by atoms with Gasteiger partial charge in [0.15, 0.2) is 0 Å². The number of hydrogen-bond acceptors (Lipinski definition) is 3. The van der Waals surface area contributed by atoms with Gasteiger partial charge in [-0.25, -0.2) is 5.48 Å². The van der Waals surface area contributed by atoms with Crippen LogP contribution in [0.1, 0.15) is 105 Å². The molecule has 0 amide bonds. The summed E-state index contributed by atoms with van der Waals surface area (Å²) in [4.78, 5) is 0. The summed E-state index contributed by atoms with van der Waals surface area (Å²) >= 11 is 0. The first kappa shape index (κ1) is 23.8. The molecule has 4 aliphatic rings. The second-order valence-electron chi connectivity index (χ2n) is 12.7. The summed E-state index contributed by atoms with van der Waals surface area (Å²) in [6, 6.07) is 0.237. The third-order valence-electron chi connectivity index (χ3n) is 11.1. The maximum atomic E-state index is 10.2. The zero-order valence-electron chi connectivity index (χ0n) is 20.9. The predicted octanol–water partition coefficient (Wildman–Crippen LogP) is 6.74. The third-order valence-corrected chi connectivity index (χ3v) is 11.1. The number of rotatable bonds is 7. The van der Waals surface area contributed by atoms with Gasteiger partial charge in [0, 0.05) is 6.04 Å². The van der Waals surface area contributed by atoms with Crippen molar-refractivity contribution in [3.05, 3.63) is 11.6 Å². The molecule has 0 aromatic heterocycles. The Balaban J connectivity index is 1.48. The molecule has 0 aromatic carbocycles. The molecule has 4 rings (SSSR count). The first-order chi connectivity index (χ1) is 14.7. The van der Waals surface area contributed by atoms with Gasteiger partial charge in [-0.1, -0.05) is 52.7 Å². The number of allylic oxidation sites excluding steroid dienone is 1. The highest BCUT2D eigenvalue weighted by Crippen LogP contribution is 2.66. The second kappa shape index (κ2) is 9.11. The van der Waals surface area contributed by atoms with E-state index in [-0.39, 0.29) is 12.1 Å². The Morgan fingerprint density at radius 1 is 1.10 bits per heavy atom. The van der Waals surface area contributed by atoms with E-state index in [1.165, 1.54) is 44.9 Å². The molecular weight excluding hydrogens is 382 g/mol. The van der Waals surface area contributed by atoms with Crippen molar-refractivity contribution in [2.75, 3.05) is 0 Å². The van der Waals surface area contributed by atoms with Crippen LogP contribution in [0.2, 0.25) is 0 Å². The Morgan fingerprint density at radius 3 is 2.55 bits per heavy atom. The molecule has 0 bridgehead atoms. The van der Waals surface area contributed by atoms with Crippen LogP contribution in [0.5, 0.6) is 0 Å². The molecule has 0 aliphatic heterocycles. The Hall–Kier alpha value is -0.380. The molecule has 3 saturated carbocycles. The number of hydroxylamine groups is 1. The second-order valence-corrected chi connectivity index (χ2v) is 12.7. The molecule has 0 heterocycles. The van der Waals surface area contributed by atoms with Crippen molar-refractivity contribution in [2.45, 2.75) is 117 Å². The normalized spacial score (nSPS) is 44.3. The first-order valence-corrected chi connectivity index (χ1v) is 13.5. The van der Waals surface area contributed by atoms with E-state index in [1.807, 2.05) is 0 Å². The van der Waals surface area contributed by atoms with Gasteiger partial charge in [-0.2, -0.15) is 0 Å². The molecule has 3 nitrogen and oxygen atoms in total. The molecule has 3 fully saturated rings. The molecule has 178 valence electrons. The van der Waals surface area contributed by atoms with Gasteiger partial charge in [-0.3, -0.25) is 0 Å². The van der Waals surface area contributed by atoms with Crippen molar-refractivity contribution in [2.24, 2.45) is 46.3 Å². The number of fused-ring (bicyclic) bond motifs is 5. The van der Waals surface area contributed by atoms with Crippen LogP contribution in [0.15, 0.2) is 11.6 Å². The predicted molar refractivity (Wildman–Crippen MR) is 128 cm³/mol. The maximum Gasteiger partial charge on any atom is 0.0577 e. The zero-order chi connectivity index (χ0) is 22.4. The lowest BCUT2D eigenvalue weighted by molar-refractivity contribution is -0.0540. The number of hydrogen-bond donors (Lipinski definition) is 3. The van der Waals surface area contributed by atoms with Gasteiger partial charge in [0.2, 0.25) is 0 Å². The molecule has 4 aliphatic carbocycles. The van der Waals surface area contributed by atoms with Gasteiger partial charge in [0.05, 0.1) is 6.10 Å². The summed E-state index contributed by atoms with van der Waals surface area (Å²) in [5.41, 5.74) is 5.08. The van der Waals surface area contributed by atoms with Crippen molar-refractivity contribution >= 4 is 0 Å². The van der Waals surface area contributed by atoms with Crippen molar-refractivity contribution in [1.82, 2.24) is 5.48 Å². The van der Waals surface area contributed by atoms with Crippen molar-refractivity contribution in [1.29, 1.82) is 0 Å². The fourth-order valence-corrected chi connectivity index (χ4v) is 8.96. The van der Waals surface area contributed by atoms with Crippen molar-refractivity contribution < 1.29 is 10.3 Å².